The van der Waals surface area contributed by atoms with Crippen LogP contribution in [0.25, 0.3) is 0 Å². The van der Waals surface area contributed by atoms with Crippen molar-refractivity contribution in [2.75, 3.05) is 13.6 Å². The Kier molecular flexibility index (Phi) is 4.57. The summed E-state index contributed by atoms with van der Waals surface area (Å²) >= 11 is 0. The summed E-state index contributed by atoms with van der Waals surface area (Å²) in [7, 11) is 3.86. The fourth-order valence-corrected chi connectivity index (χ4v) is 1.83. The molecular formula is C14H17FN4O. The van der Waals surface area contributed by atoms with Crippen LogP contribution in [-0.2, 0) is 13.6 Å². The van der Waals surface area contributed by atoms with Gasteiger partial charge in [-0.15, -0.1) is 0 Å². The Bertz CT molecular complexity index is 579. The molecule has 0 spiro atoms. The average molecular weight is 276 g/mol. The fourth-order valence-electron chi connectivity index (χ4n) is 1.83. The van der Waals surface area contributed by atoms with Crippen LogP contribution in [0.1, 0.15) is 22.7 Å². The number of ketones is 1. The van der Waals surface area contributed by atoms with Crippen molar-refractivity contribution in [3.63, 3.8) is 0 Å². The van der Waals surface area contributed by atoms with E-state index in [4.69, 9.17) is 0 Å². The largest absolute Gasteiger partial charge is 0.337 e. The summed E-state index contributed by atoms with van der Waals surface area (Å²) in [5, 5.41) is 0. The molecule has 0 unspecified atom stereocenters. The summed E-state index contributed by atoms with van der Waals surface area (Å²) in [5.74, 6) is 0.421. The van der Waals surface area contributed by atoms with E-state index in [2.05, 4.69) is 9.97 Å². The summed E-state index contributed by atoms with van der Waals surface area (Å²) < 4.78 is 14.7. The molecule has 20 heavy (non-hydrogen) atoms. The average Bonchev–Trinajstić information content (AvgIpc) is 2.82. The van der Waals surface area contributed by atoms with Gasteiger partial charge in [-0.25, -0.2) is 9.37 Å². The van der Waals surface area contributed by atoms with Crippen molar-refractivity contribution in [1.29, 1.82) is 0 Å². The summed E-state index contributed by atoms with van der Waals surface area (Å²) in [4.78, 5) is 21.9. The van der Waals surface area contributed by atoms with E-state index in [9.17, 15) is 9.18 Å². The lowest BCUT2D eigenvalue weighted by molar-refractivity contribution is 0.0962. The molecule has 2 aromatic rings. The Hall–Kier alpha value is -2.08. The zero-order chi connectivity index (χ0) is 14.5. The van der Waals surface area contributed by atoms with Crippen LogP contribution in [-0.4, -0.2) is 38.8 Å². The third-order valence-electron chi connectivity index (χ3n) is 3.07. The maximum atomic E-state index is 12.7. The lowest BCUT2D eigenvalue weighted by Gasteiger charge is -2.15. The Morgan fingerprint density at radius 2 is 2.20 bits per heavy atom. The van der Waals surface area contributed by atoms with Gasteiger partial charge < -0.3 is 4.57 Å². The molecule has 106 valence electrons. The number of aromatic nitrogens is 3. The number of hydrogen-bond donors (Lipinski definition) is 0. The number of rotatable bonds is 6. The molecule has 0 aliphatic carbocycles. The number of halogens is 1. The van der Waals surface area contributed by atoms with Gasteiger partial charge in [-0.1, -0.05) is 0 Å². The minimum absolute atomic E-state index is 0.0864. The molecular weight excluding hydrogens is 259 g/mol. The van der Waals surface area contributed by atoms with E-state index < -0.39 is 5.82 Å². The SMILES string of the molecule is CN(CCC(=O)c1ccc(F)cn1)Cc1nccn1C. The van der Waals surface area contributed by atoms with Crippen LogP contribution in [0, 0.1) is 5.82 Å². The smallest absolute Gasteiger partial charge is 0.182 e. The number of hydrogen-bond acceptors (Lipinski definition) is 4. The molecule has 0 atom stereocenters. The highest BCUT2D eigenvalue weighted by Crippen LogP contribution is 2.04. The summed E-state index contributed by atoms with van der Waals surface area (Å²) in [6.45, 7) is 1.28. The highest BCUT2D eigenvalue weighted by atomic mass is 19.1. The molecule has 0 bridgehead atoms. The van der Waals surface area contributed by atoms with E-state index in [0.29, 0.717) is 25.2 Å². The second kappa shape index (κ2) is 6.38. The summed E-state index contributed by atoms with van der Waals surface area (Å²) in [5.41, 5.74) is 0.303. The Balaban J connectivity index is 1.84. The molecule has 6 heteroatoms. The highest BCUT2D eigenvalue weighted by molar-refractivity contribution is 5.94. The molecule has 0 amide bonds. The van der Waals surface area contributed by atoms with Gasteiger partial charge in [0.15, 0.2) is 5.78 Å². The molecule has 5 nitrogen and oxygen atoms in total. The van der Waals surface area contributed by atoms with Crippen LogP contribution in [0.4, 0.5) is 4.39 Å². The number of pyridine rings is 1. The van der Waals surface area contributed by atoms with E-state index in [1.165, 1.54) is 12.1 Å². The molecule has 2 aromatic heterocycles. The fraction of sp³-hybridized carbons (Fsp3) is 0.357. The molecule has 0 fully saturated rings. The van der Waals surface area contributed by atoms with Crippen LogP contribution in [0.3, 0.4) is 0 Å². The molecule has 0 radical (unpaired) electrons. The van der Waals surface area contributed by atoms with Gasteiger partial charge in [-0.05, 0) is 19.2 Å². The molecule has 0 aliphatic heterocycles. The van der Waals surface area contributed by atoms with Crippen molar-refractivity contribution in [3.8, 4) is 0 Å². The second-order valence-electron chi connectivity index (χ2n) is 4.73. The van der Waals surface area contributed by atoms with E-state index in [-0.39, 0.29) is 5.78 Å². The first-order valence-electron chi connectivity index (χ1n) is 6.36. The predicted molar refractivity (Wildman–Crippen MR) is 72.7 cm³/mol. The van der Waals surface area contributed by atoms with E-state index >= 15 is 0 Å². The van der Waals surface area contributed by atoms with E-state index in [1.54, 1.807) is 6.20 Å². The van der Waals surface area contributed by atoms with Crippen molar-refractivity contribution in [2.24, 2.45) is 7.05 Å². The van der Waals surface area contributed by atoms with Gasteiger partial charge in [-0.3, -0.25) is 14.7 Å². The predicted octanol–water partition coefficient (Wildman–Crippen LogP) is 1.66. The first-order valence-corrected chi connectivity index (χ1v) is 6.36. The monoisotopic (exact) mass is 276 g/mol. The molecule has 2 heterocycles. The Morgan fingerprint density at radius 1 is 1.40 bits per heavy atom. The molecule has 0 saturated heterocycles. The van der Waals surface area contributed by atoms with Gasteiger partial charge >= 0.3 is 0 Å². The molecule has 2 rings (SSSR count). The number of carbonyl (C=O) groups excluding carboxylic acids is 1. The zero-order valence-electron chi connectivity index (χ0n) is 11.6. The maximum Gasteiger partial charge on any atom is 0.182 e. The van der Waals surface area contributed by atoms with E-state index in [0.717, 1.165) is 12.0 Å². The molecule has 0 N–H and O–H groups in total. The summed E-state index contributed by atoms with van der Waals surface area (Å²) in [6.07, 6.45) is 5.04. The summed E-state index contributed by atoms with van der Waals surface area (Å²) in [6, 6.07) is 2.66. The van der Waals surface area contributed by atoms with Crippen LogP contribution in [0.5, 0.6) is 0 Å². The van der Waals surface area contributed by atoms with E-state index in [1.807, 2.05) is 29.8 Å². The van der Waals surface area contributed by atoms with Crippen molar-refractivity contribution in [3.05, 3.63) is 48.1 Å². The first-order chi connectivity index (χ1) is 9.56. The third-order valence-corrected chi connectivity index (χ3v) is 3.07. The number of imidazole rings is 1. The van der Waals surface area contributed by atoms with Crippen LogP contribution in [0.15, 0.2) is 30.7 Å². The maximum absolute atomic E-state index is 12.7. The number of nitrogens with zero attached hydrogens (tertiary/aromatic N) is 4. The van der Waals surface area contributed by atoms with Gasteiger partial charge in [0.1, 0.15) is 17.3 Å². The molecule has 0 aliphatic rings. The van der Waals surface area contributed by atoms with Crippen LogP contribution >= 0.6 is 0 Å². The highest BCUT2D eigenvalue weighted by Gasteiger charge is 2.10. The Labute approximate surface area is 117 Å². The first kappa shape index (κ1) is 14.3. The number of Topliss-reactive ketones (excluding diaryl/α,β-unsaturated/α-hetero) is 1. The normalized spacial score (nSPS) is 11.0. The lowest BCUT2D eigenvalue weighted by Crippen LogP contribution is -2.23. The van der Waals surface area contributed by atoms with Crippen molar-refractivity contribution in [2.45, 2.75) is 13.0 Å². The van der Waals surface area contributed by atoms with Crippen molar-refractivity contribution < 1.29 is 9.18 Å². The van der Waals surface area contributed by atoms with Gasteiger partial charge in [-0.2, -0.15) is 0 Å². The molecule has 0 saturated carbocycles. The standard InChI is InChI=1S/C14H17FN4O/c1-18(10-14-16-6-8-19(14)2)7-5-13(20)12-4-3-11(15)9-17-12/h3-4,6,8-9H,5,7,10H2,1-2H3. The van der Waals surface area contributed by atoms with Gasteiger partial charge in [0, 0.05) is 32.4 Å². The van der Waals surface area contributed by atoms with Crippen LogP contribution in [0.2, 0.25) is 0 Å². The van der Waals surface area contributed by atoms with Gasteiger partial charge in [0.05, 0.1) is 12.7 Å². The third kappa shape index (κ3) is 3.71. The number of aryl methyl sites for hydroxylation is 1. The van der Waals surface area contributed by atoms with Crippen LogP contribution < -0.4 is 0 Å². The zero-order valence-corrected chi connectivity index (χ0v) is 11.6. The van der Waals surface area contributed by atoms with Crippen molar-refractivity contribution in [1.82, 2.24) is 19.4 Å². The second-order valence-corrected chi connectivity index (χ2v) is 4.73. The van der Waals surface area contributed by atoms with Crippen molar-refractivity contribution >= 4 is 5.78 Å². The molecule has 0 aromatic carbocycles. The quantitative estimate of drug-likeness (QED) is 0.753. The topological polar surface area (TPSA) is 51.0 Å². The minimum atomic E-state index is -0.437. The number of carbonyl (C=O) groups is 1. The minimum Gasteiger partial charge on any atom is -0.337 e. The van der Waals surface area contributed by atoms with Gasteiger partial charge in [0.2, 0.25) is 0 Å². The Morgan fingerprint density at radius 3 is 2.80 bits per heavy atom. The lowest BCUT2D eigenvalue weighted by atomic mass is 10.2. The van der Waals surface area contributed by atoms with Gasteiger partial charge in [0.25, 0.3) is 0 Å².